The van der Waals surface area contributed by atoms with Crippen LogP contribution >= 0.6 is 0 Å². The Morgan fingerprint density at radius 3 is 2.52 bits per heavy atom. The Kier molecular flexibility index (Phi) is 6.18. The summed E-state index contributed by atoms with van der Waals surface area (Å²) in [4.78, 5) is 24.1. The molecule has 0 fully saturated rings. The Bertz CT molecular complexity index is 1000. The Balaban J connectivity index is 1.71. The molecule has 0 saturated carbocycles. The predicted octanol–water partition coefficient (Wildman–Crippen LogP) is 3.90. The number of esters is 1. The number of hydrogen-bond acceptors (Lipinski definition) is 5. The van der Waals surface area contributed by atoms with Crippen LogP contribution in [0.4, 0.5) is 14.5 Å². The maximum atomic E-state index is 12.5. The summed E-state index contributed by atoms with van der Waals surface area (Å²) < 4.78 is 35.8. The molecule has 2 aromatic carbocycles. The molecule has 3 rings (SSSR count). The smallest absolute Gasteiger partial charge is 0.387 e. The summed E-state index contributed by atoms with van der Waals surface area (Å²) in [5.74, 6) is -1.31. The van der Waals surface area contributed by atoms with Crippen LogP contribution in [0.15, 0.2) is 60.8 Å². The lowest BCUT2D eigenvalue weighted by molar-refractivity contribution is -0.0501. The number of nitrogens with one attached hydrogen (secondary N) is 1. The number of carbonyl (C=O) groups is 2. The number of halogens is 2. The van der Waals surface area contributed by atoms with Crippen LogP contribution in [0.3, 0.4) is 0 Å². The van der Waals surface area contributed by atoms with Crippen molar-refractivity contribution in [2.75, 3.05) is 11.9 Å². The molecule has 0 bridgehead atoms. The number of nitrogens with zero attached hydrogens (tertiary/aromatic N) is 2. The first-order chi connectivity index (χ1) is 14.0. The zero-order chi connectivity index (χ0) is 20.8. The molecule has 0 aliphatic rings. The first kappa shape index (κ1) is 20.0. The normalized spacial score (nSPS) is 10.6. The number of hydrogen-bond donors (Lipinski definition) is 1. The lowest BCUT2D eigenvalue weighted by atomic mass is 10.2. The van der Waals surface area contributed by atoms with Gasteiger partial charge in [0.2, 0.25) is 0 Å². The maximum absolute atomic E-state index is 12.5. The first-order valence-corrected chi connectivity index (χ1v) is 8.66. The van der Waals surface area contributed by atoms with Crippen molar-refractivity contribution >= 4 is 17.6 Å². The van der Waals surface area contributed by atoms with Crippen LogP contribution in [0, 0.1) is 0 Å². The number of benzene rings is 2. The number of amides is 1. The van der Waals surface area contributed by atoms with Crippen LogP contribution < -0.4 is 10.1 Å². The Labute approximate surface area is 164 Å². The van der Waals surface area contributed by atoms with Crippen molar-refractivity contribution in [2.45, 2.75) is 13.5 Å². The van der Waals surface area contributed by atoms with E-state index in [2.05, 4.69) is 15.2 Å². The SMILES string of the molecule is CCOC(=O)c1ccn(-c2ccc(NC(=O)c3ccccc3OC(F)F)cc2)n1. The summed E-state index contributed by atoms with van der Waals surface area (Å²) in [5, 5.41) is 6.77. The molecule has 29 heavy (non-hydrogen) atoms. The van der Waals surface area contributed by atoms with Crippen molar-refractivity contribution in [1.29, 1.82) is 0 Å². The van der Waals surface area contributed by atoms with Gasteiger partial charge in [0.1, 0.15) is 5.75 Å². The average Bonchev–Trinajstić information content (AvgIpc) is 3.19. The molecule has 0 aliphatic carbocycles. The van der Waals surface area contributed by atoms with Gasteiger partial charge in [-0.25, -0.2) is 9.48 Å². The summed E-state index contributed by atoms with van der Waals surface area (Å²) >= 11 is 0. The van der Waals surface area contributed by atoms with E-state index in [4.69, 9.17) is 4.74 Å². The van der Waals surface area contributed by atoms with E-state index < -0.39 is 18.5 Å². The van der Waals surface area contributed by atoms with Gasteiger partial charge < -0.3 is 14.8 Å². The molecule has 1 amide bonds. The summed E-state index contributed by atoms with van der Waals surface area (Å²) in [6, 6.07) is 13.9. The fourth-order valence-corrected chi connectivity index (χ4v) is 2.53. The molecular formula is C20H17F2N3O4. The van der Waals surface area contributed by atoms with Crippen molar-refractivity contribution in [1.82, 2.24) is 9.78 Å². The number of aromatic nitrogens is 2. The van der Waals surface area contributed by atoms with Gasteiger partial charge in [-0.1, -0.05) is 12.1 Å². The second kappa shape index (κ2) is 8.96. The highest BCUT2D eigenvalue weighted by Gasteiger charge is 2.16. The van der Waals surface area contributed by atoms with Crippen molar-refractivity contribution in [3.8, 4) is 11.4 Å². The average molecular weight is 401 g/mol. The van der Waals surface area contributed by atoms with Gasteiger partial charge in [0.05, 0.1) is 17.9 Å². The third-order valence-electron chi connectivity index (χ3n) is 3.81. The van der Waals surface area contributed by atoms with Crippen molar-refractivity contribution in [3.63, 3.8) is 0 Å². The summed E-state index contributed by atoms with van der Waals surface area (Å²) in [7, 11) is 0. The zero-order valence-electron chi connectivity index (χ0n) is 15.3. The fraction of sp³-hybridized carbons (Fsp3) is 0.150. The summed E-state index contributed by atoms with van der Waals surface area (Å²) in [5.41, 5.74) is 1.27. The monoisotopic (exact) mass is 401 g/mol. The molecule has 7 nitrogen and oxygen atoms in total. The maximum Gasteiger partial charge on any atom is 0.387 e. The molecule has 1 N–H and O–H groups in total. The third-order valence-corrected chi connectivity index (χ3v) is 3.81. The van der Waals surface area contributed by atoms with Gasteiger partial charge in [0, 0.05) is 11.9 Å². The number of para-hydroxylation sites is 1. The third kappa shape index (κ3) is 4.95. The van der Waals surface area contributed by atoms with E-state index in [1.807, 2.05) is 0 Å². The van der Waals surface area contributed by atoms with Gasteiger partial charge in [-0.05, 0) is 49.4 Å². The lowest BCUT2D eigenvalue weighted by Crippen LogP contribution is -2.15. The molecule has 0 radical (unpaired) electrons. The molecule has 0 aliphatic heterocycles. The van der Waals surface area contributed by atoms with Crippen molar-refractivity contribution in [2.24, 2.45) is 0 Å². The zero-order valence-corrected chi connectivity index (χ0v) is 15.3. The Morgan fingerprint density at radius 1 is 1.10 bits per heavy atom. The Hall–Kier alpha value is -3.75. The summed E-state index contributed by atoms with van der Waals surface area (Å²) in [6.07, 6.45) is 1.61. The number of rotatable bonds is 7. The topological polar surface area (TPSA) is 82.5 Å². The van der Waals surface area contributed by atoms with Crippen LogP contribution in [-0.2, 0) is 4.74 Å². The van der Waals surface area contributed by atoms with E-state index in [1.54, 1.807) is 43.5 Å². The van der Waals surface area contributed by atoms with Gasteiger partial charge >= 0.3 is 12.6 Å². The minimum Gasteiger partial charge on any atom is -0.461 e. The Morgan fingerprint density at radius 2 is 1.83 bits per heavy atom. The first-order valence-electron chi connectivity index (χ1n) is 8.66. The highest BCUT2D eigenvalue weighted by atomic mass is 19.3. The highest BCUT2D eigenvalue weighted by molar-refractivity contribution is 6.06. The van der Waals surface area contributed by atoms with Gasteiger partial charge in [0.25, 0.3) is 5.91 Å². The second-order valence-electron chi connectivity index (χ2n) is 5.74. The molecular weight excluding hydrogens is 384 g/mol. The highest BCUT2D eigenvalue weighted by Crippen LogP contribution is 2.22. The fourth-order valence-electron chi connectivity index (χ4n) is 2.53. The van der Waals surface area contributed by atoms with Crippen LogP contribution in [0.25, 0.3) is 5.69 Å². The van der Waals surface area contributed by atoms with E-state index in [9.17, 15) is 18.4 Å². The molecule has 0 unspecified atom stereocenters. The van der Waals surface area contributed by atoms with Crippen LogP contribution in [0.1, 0.15) is 27.8 Å². The molecule has 3 aromatic rings. The van der Waals surface area contributed by atoms with E-state index in [0.717, 1.165) is 0 Å². The molecule has 0 saturated heterocycles. The second-order valence-corrected chi connectivity index (χ2v) is 5.74. The summed E-state index contributed by atoms with van der Waals surface area (Å²) in [6.45, 7) is -1.07. The van der Waals surface area contributed by atoms with Crippen LogP contribution in [0.2, 0.25) is 0 Å². The van der Waals surface area contributed by atoms with Crippen molar-refractivity contribution < 1.29 is 27.8 Å². The van der Waals surface area contributed by atoms with E-state index in [0.29, 0.717) is 11.4 Å². The number of alkyl halides is 2. The minimum atomic E-state index is -3.03. The standard InChI is InChI=1S/C20H17F2N3O4/c1-2-28-19(27)16-11-12-25(24-16)14-9-7-13(8-10-14)23-18(26)15-5-3-4-6-17(15)29-20(21)22/h3-12,20H,2H2,1H3,(H,23,26). The van der Waals surface area contributed by atoms with Crippen molar-refractivity contribution in [3.05, 3.63) is 72.1 Å². The van der Waals surface area contributed by atoms with E-state index in [-0.39, 0.29) is 23.6 Å². The van der Waals surface area contributed by atoms with Gasteiger partial charge in [0.15, 0.2) is 5.69 Å². The number of anilines is 1. The minimum absolute atomic E-state index is 0.0111. The number of carbonyl (C=O) groups excluding carboxylic acids is 2. The molecule has 0 spiro atoms. The predicted molar refractivity (Wildman–Crippen MR) is 101 cm³/mol. The number of ether oxygens (including phenoxy) is 2. The van der Waals surface area contributed by atoms with E-state index >= 15 is 0 Å². The van der Waals surface area contributed by atoms with Gasteiger partial charge in [-0.15, -0.1) is 0 Å². The molecule has 9 heteroatoms. The largest absolute Gasteiger partial charge is 0.461 e. The van der Waals surface area contributed by atoms with Crippen LogP contribution in [-0.4, -0.2) is 34.9 Å². The molecule has 1 heterocycles. The van der Waals surface area contributed by atoms with E-state index in [1.165, 1.54) is 28.9 Å². The molecule has 1 aromatic heterocycles. The van der Waals surface area contributed by atoms with Crippen LogP contribution in [0.5, 0.6) is 5.75 Å². The molecule has 150 valence electrons. The quantitative estimate of drug-likeness (QED) is 0.607. The molecule has 0 atom stereocenters. The lowest BCUT2D eigenvalue weighted by Gasteiger charge is -2.11. The van der Waals surface area contributed by atoms with Gasteiger partial charge in [-0.2, -0.15) is 13.9 Å². The van der Waals surface area contributed by atoms with Gasteiger partial charge in [-0.3, -0.25) is 4.79 Å².